The molecule has 1 aromatic rings. The third-order valence-corrected chi connectivity index (χ3v) is 1.94. The molecule has 3 heteroatoms. The third-order valence-electron chi connectivity index (χ3n) is 1.94. The number of aromatic hydroxyl groups is 1. The van der Waals surface area contributed by atoms with E-state index in [1.165, 1.54) is 18.2 Å². The molecule has 13 heavy (non-hydrogen) atoms. The predicted octanol–water partition coefficient (Wildman–Crippen LogP) is 2.55. The molecule has 68 valence electrons. The normalized spacial score (nSPS) is 12.1. The quantitative estimate of drug-likeness (QED) is 0.758. The van der Waals surface area contributed by atoms with Crippen LogP contribution in [0.25, 0.3) is 0 Å². The Hall–Kier alpha value is -1.56. The lowest BCUT2D eigenvalue weighted by molar-refractivity contribution is 0.454. The number of rotatable bonds is 2. The molecule has 1 N–H and O–H groups in total. The minimum Gasteiger partial charge on any atom is -0.508 e. The first-order valence-electron chi connectivity index (χ1n) is 4.07. The second-order valence-electron chi connectivity index (χ2n) is 2.76. The topological polar surface area (TPSA) is 44.0 Å². The molecule has 0 aromatic heterocycles. The number of phenols is 1. The van der Waals surface area contributed by atoms with Crippen LogP contribution in [0.2, 0.25) is 0 Å². The molecule has 0 aliphatic carbocycles. The Morgan fingerprint density at radius 2 is 2.31 bits per heavy atom. The molecular formula is C10H10FNO. The van der Waals surface area contributed by atoms with Gasteiger partial charge in [-0.1, -0.05) is 13.0 Å². The van der Waals surface area contributed by atoms with Crippen molar-refractivity contribution >= 4 is 0 Å². The van der Waals surface area contributed by atoms with Crippen molar-refractivity contribution in [2.75, 3.05) is 0 Å². The van der Waals surface area contributed by atoms with Gasteiger partial charge in [-0.25, -0.2) is 4.39 Å². The van der Waals surface area contributed by atoms with E-state index >= 15 is 0 Å². The van der Waals surface area contributed by atoms with Crippen molar-refractivity contribution in [2.45, 2.75) is 19.3 Å². The third kappa shape index (κ3) is 1.78. The summed E-state index contributed by atoms with van der Waals surface area (Å²) in [5.41, 5.74) is 0.104. The van der Waals surface area contributed by atoms with Crippen LogP contribution in [0.15, 0.2) is 18.2 Å². The number of benzene rings is 1. The molecule has 0 amide bonds. The first-order valence-corrected chi connectivity index (χ1v) is 4.07. The van der Waals surface area contributed by atoms with Crippen molar-refractivity contribution in [3.8, 4) is 11.8 Å². The lowest BCUT2D eigenvalue weighted by Gasteiger charge is -2.09. The Kier molecular flexibility index (Phi) is 2.86. The average Bonchev–Trinajstić information content (AvgIpc) is 2.11. The summed E-state index contributed by atoms with van der Waals surface area (Å²) in [6, 6.07) is 6.00. The van der Waals surface area contributed by atoms with E-state index in [9.17, 15) is 9.50 Å². The van der Waals surface area contributed by atoms with Gasteiger partial charge in [-0.05, 0) is 18.6 Å². The van der Waals surface area contributed by atoms with Crippen LogP contribution >= 0.6 is 0 Å². The Balaban J connectivity index is 3.20. The number of nitrogens with zero attached hydrogens (tertiary/aromatic N) is 1. The van der Waals surface area contributed by atoms with Crippen LogP contribution in [-0.4, -0.2) is 5.11 Å². The van der Waals surface area contributed by atoms with E-state index in [2.05, 4.69) is 0 Å². The molecule has 0 radical (unpaired) electrons. The van der Waals surface area contributed by atoms with Gasteiger partial charge >= 0.3 is 0 Å². The van der Waals surface area contributed by atoms with Gasteiger partial charge in [0.2, 0.25) is 0 Å². The molecule has 0 fully saturated rings. The first-order chi connectivity index (χ1) is 6.20. The predicted molar refractivity (Wildman–Crippen MR) is 46.7 cm³/mol. The van der Waals surface area contributed by atoms with Gasteiger partial charge in [0.1, 0.15) is 11.6 Å². The molecule has 0 spiro atoms. The highest BCUT2D eigenvalue weighted by molar-refractivity contribution is 5.38. The van der Waals surface area contributed by atoms with Crippen LogP contribution in [0.4, 0.5) is 4.39 Å². The van der Waals surface area contributed by atoms with Crippen molar-refractivity contribution in [1.82, 2.24) is 0 Å². The molecule has 0 saturated carbocycles. The molecular weight excluding hydrogens is 169 g/mol. The fourth-order valence-corrected chi connectivity index (χ4v) is 1.23. The van der Waals surface area contributed by atoms with Crippen molar-refractivity contribution < 1.29 is 9.50 Å². The van der Waals surface area contributed by atoms with E-state index in [0.29, 0.717) is 6.42 Å². The second-order valence-corrected chi connectivity index (χ2v) is 2.76. The zero-order valence-electron chi connectivity index (χ0n) is 7.29. The highest BCUT2D eigenvalue weighted by Gasteiger charge is 2.16. The average molecular weight is 179 g/mol. The van der Waals surface area contributed by atoms with Crippen molar-refractivity contribution in [1.29, 1.82) is 5.26 Å². The summed E-state index contributed by atoms with van der Waals surface area (Å²) < 4.78 is 13.2. The highest BCUT2D eigenvalue weighted by atomic mass is 19.1. The zero-order valence-corrected chi connectivity index (χ0v) is 7.29. The summed E-state index contributed by atoms with van der Waals surface area (Å²) in [5.74, 6) is -1.23. The smallest absolute Gasteiger partial charge is 0.131 e. The molecule has 1 unspecified atom stereocenters. The van der Waals surface area contributed by atoms with Crippen LogP contribution in [0.1, 0.15) is 24.8 Å². The van der Waals surface area contributed by atoms with Crippen molar-refractivity contribution in [3.63, 3.8) is 0 Å². The number of phenolic OH excluding ortho intramolecular Hbond substituents is 1. The highest BCUT2D eigenvalue weighted by Crippen LogP contribution is 2.29. The molecule has 0 bridgehead atoms. The maximum absolute atomic E-state index is 13.2. The van der Waals surface area contributed by atoms with Gasteiger partial charge in [0.05, 0.1) is 12.0 Å². The molecule has 1 atom stereocenters. The Bertz CT molecular complexity index is 323. The van der Waals surface area contributed by atoms with Crippen molar-refractivity contribution in [3.05, 3.63) is 29.6 Å². The maximum atomic E-state index is 13.2. The summed E-state index contributed by atoms with van der Waals surface area (Å²) in [5, 5.41) is 18.0. The summed E-state index contributed by atoms with van der Waals surface area (Å²) in [7, 11) is 0. The summed E-state index contributed by atoms with van der Waals surface area (Å²) in [4.78, 5) is 0. The zero-order chi connectivity index (χ0) is 9.84. The SMILES string of the molecule is CCC(C#N)c1c(O)cccc1F. The van der Waals surface area contributed by atoms with E-state index in [1.54, 1.807) is 6.92 Å². The van der Waals surface area contributed by atoms with E-state index in [0.717, 1.165) is 0 Å². The van der Waals surface area contributed by atoms with Gasteiger partial charge in [-0.15, -0.1) is 0 Å². The summed E-state index contributed by atoms with van der Waals surface area (Å²) in [6.45, 7) is 1.78. The minimum atomic E-state index is -0.568. The van der Waals surface area contributed by atoms with Crippen LogP contribution in [0.5, 0.6) is 5.75 Å². The van der Waals surface area contributed by atoms with E-state index in [1.807, 2.05) is 6.07 Å². The molecule has 0 saturated heterocycles. The lowest BCUT2D eigenvalue weighted by atomic mass is 9.97. The molecule has 1 aromatic carbocycles. The van der Waals surface area contributed by atoms with E-state index < -0.39 is 11.7 Å². The van der Waals surface area contributed by atoms with Gasteiger partial charge in [0.15, 0.2) is 0 Å². The monoisotopic (exact) mass is 179 g/mol. The summed E-state index contributed by atoms with van der Waals surface area (Å²) >= 11 is 0. The Labute approximate surface area is 76.2 Å². The fourth-order valence-electron chi connectivity index (χ4n) is 1.23. The number of nitriles is 1. The molecule has 0 heterocycles. The van der Waals surface area contributed by atoms with Gasteiger partial charge in [0, 0.05) is 5.56 Å². The van der Waals surface area contributed by atoms with Crippen LogP contribution in [0, 0.1) is 17.1 Å². The first kappa shape index (κ1) is 9.53. The standard InChI is InChI=1S/C10H10FNO/c1-2-7(6-12)10-8(11)4-3-5-9(10)13/h3-5,7,13H,2H2,1H3. The summed E-state index contributed by atoms with van der Waals surface area (Å²) in [6.07, 6.45) is 0.491. The number of hydrogen-bond acceptors (Lipinski definition) is 2. The fraction of sp³-hybridized carbons (Fsp3) is 0.300. The van der Waals surface area contributed by atoms with Crippen LogP contribution in [-0.2, 0) is 0 Å². The number of halogens is 1. The van der Waals surface area contributed by atoms with Gasteiger partial charge in [-0.3, -0.25) is 0 Å². The maximum Gasteiger partial charge on any atom is 0.131 e. The van der Waals surface area contributed by atoms with E-state index in [-0.39, 0.29) is 11.3 Å². The van der Waals surface area contributed by atoms with Crippen LogP contribution in [0.3, 0.4) is 0 Å². The molecule has 0 aliphatic heterocycles. The lowest BCUT2D eigenvalue weighted by Crippen LogP contribution is -1.97. The van der Waals surface area contributed by atoms with Crippen LogP contribution < -0.4 is 0 Å². The second kappa shape index (κ2) is 3.90. The minimum absolute atomic E-state index is 0.104. The Morgan fingerprint density at radius 3 is 2.77 bits per heavy atom. The molecule has 0 aliphatic rings. The van der Waals surface area contributed by atoms with E-state index in [4.69, 9.17) is 5.26 Å². The largest absolute Gasteiger partial charge is 0.508 e. The molecule has 1 rings (SSSR count). The van der Waals surface area contributed by atoms with Gasteiger partial charge in [0.25, 0.3) is 0 Å². The molecule has 2 nitrogen and oxygen atoms in total. The van der Waals surface area contributed by atoms with Crippen molar-refractivity contribution in [2.24, 2.45) is 0 Å². The number of hydrogen-bond donors (Lipinski definition) is 1. The van der Waals surface area contributed by atoms with Gasteiger partial charge in [-0.2, -0.15) is 5.26 Å². The van der Waals surface area contributed by atoms with Gasteiger partial charge < -0.3 is 5.11 Å². The Morgan fingerprint density at radius 1 is 1.62 bits per heavy atom.